The van der Waals surface area contributed by atoms with Gasteiger partial charge in [-0.2, -0.15) is 0 Å². The van der Waals surface area contributed by atoms with Crippen LogP contribution in [-0.2, 0) is 0 Å². The van der Waals surface area contributed by atoms with Gasteiger partial charge in [-0.05, 0) is 31.2 Å². The number of phenols is 1. The second-order valence-corrected chi connectivity index (χ2v) is 5.36. The van der Waals surface area contributed by atoms with Gasteiger partial charge in [0.25, 0.3) is 0 Å². The second-order valence-electron chi connectivity index (χ2n) is 5.36. The van der Waals surface area contributed by atoms with Gasteiger partial charge in [0.15, 0.2) is 0 Å². The van der Waals surface area contributed by atoms with Crippen LogP contribution in [0.1, 0.15) is 35.6 Å². The predicted molar refractivity (Wildman–Crippen MR) is 77.4 cm³/mol. The van der Waals surface area contributed by atoms with E-state index in [-0.39, 0.29) is 6.04 Å². The molecule has 2 unspecified atom stereocenters. The molecule has 0 aliphatic carbocycles. The number of benzene rings is 2. The fourth-order valence-electron chi connectivity index (χ4n) is 3.06. The van der Waals surface area contributed by atoms with Gasteiger partial charge in [-0.15, -0.1) is 0 Å². The van der Waals surface area contributed by atoms with Crippen LogP contribution in [0.5, 0.6) is 5.75 Å². The number of likely N-dealkylation sites (N-methyl/N-ethyl adjacent to an activating group) is 1. The molecule has 98 valence electrons. The van der Waals surface area contributed by atoms with E-state index in [1.54, 1.807) is 6.07 Å². The fraction of sp³-hybridized carbons (Fsp3) is 0.294. The van der Waals surface area contributed by atoms with Gasteiger partial charge in [0.2, 0.25) is 0 Å². The molecule has 2 aromatic rings. The van der Waals surface area contributed by atoms with Gasteiger partial charge in [-0.1, -0.05) is 42.5 Å². The van der Waals surface area contributed by atoms with Gasteiger partial charge >= 0.3 is 0 Å². The molecule has 0 bridgehead atoms. The number of rotatable bonds is 1. The number of aromatic hydroxyl groups is 1. The van der Waals surface area contributed by atoms with E-state index in [0.717, 1.165) is 12.1 Å². The molecule has 0 saturated heterocycles. The van der Waals surface area contributed by atoms with Crippen molar-refractivity contribution in [1.82, 2.24) is 4.90 Å². The lowest BCUT2D eigenvalue weighted by molar-refractivity contribution is 0.228. The van der Waals surface area contributed by atoms with Gasteiger partial charge in [0.05, 0.1) is 0 Å². The molecule has 0 radical (unpaired) electrons. The smallest absolute Gasteiger partial charge is 0.120 e. The van der Waals surface area contributed by atoms with Crippen LogP contribution < -0.4 is 0 Å². The molecule has 3 rings (SSSR count). The van der Waals surface area contributed by atoms with Crippen molar-refractivity contribution in [1.29, 1.82) is 0 Å². The molecular weight excluding hydrogens is 234 g/mol. The van der Waals surface area contributed by atoms with Crippen molar-refractivity contribution in [3.63, 3.8) is 0 Å². The third-order valence-electron chi connectivity index (χ3n) is 4.24. The lowest BCUT2D eigenvalue weighted by atomic mass is 9.81. The van der Waals surface area contributed by atoms with E-state index >= 15 is 0 Å². The lowest BCUT2D eigenvalue weighted by Gasteiger charge is -2.38. The average molecular weight is 253 g/mol. The summed E-state index contributed by atoms with van der Waals surface area (Å²) in [5.74, 6) is 0.752. The van der Waals surface area contributed by atoms with E-state index in [1.165, 1.54) is 11.1 Å². The van der Waals surface area contributed by atoms with E-state index in [2.05, 4.69) is 49.2 Å². The Hall–Kier alpha value is -1.80. The minimum absolute atomic E-state index is 0.260. The predicted octanol–water partition coefficient (Wildman–Crippen LogP) is 3.53. The van der Waals surface area contributed by atoms with Crippen LogP contribution in [0.25, 0.3) is 0 Å². The molecule has 0 saturated carbocycles. The van der Waals surface area contributed by atoms with Gasteiger partial charge in [-0.25, -0.2) is 0 Å². The molecule has 1 aliphatic rings. The van der Waals surface area contributed by atoms with Crippen LogP contribution >= 0.6 is 0 Å². The summed E-state index contributed by atoms with van der Waals surface area (Å²) in [6, 6.07) is 16.7. The van der Waals surface area contributed by atoms with Crippen molar-refractivity contribution in [2.45, 2.75) is 18.9 Å². The average Bonchev–Trinajstić information content (AvgIpc) is 2.43. The highest BCUT2D eigenvalue weighted by atomic mass is 16.3. The molecule has 2 nitrogen and oxygen atoms in total. The first-order chi connectivity index (χ1) is 9.18. The molecule has 0 spiro atoms. The molecule has 1 heterocycles. The Labute approximate surface area is 114 Å². The highest BCUT2D eigenvalue weighted by molar-refractivity contribution is 5.48. The first kappa shape index (κ1) is 12.2. The van der Waals surface area contributed by atoms with E-state index in [1.807, 2.05) is 12.1 Å². The van der Waals surface area contributed by atoms with Crippen molar-refractivity contribution >= 4 is 0 Å². The molecule has 0 amide bonds. The quantitative estimate of drug-likeness (QED) is 0.840. The van der Waals surface area contributed by atoms with Gasteiger partial charge in [-0.3, -0.25) is 4.90 Å². The number of fused-ring (bicyclic) bond motifs is 1. The van der Waals surface area contributed by atoms with Gasteiger partial charge in [0.1, 0.15) is 5.75 Å². The molecule has 2 heteroatoms. The molecule has 0 fully saturated rings. The van der Waals surface area contributed by atoms with Gasteiger partial charge < -0.3 is 5.11 Å². The zero-order valence-electron chi connectivity index (χ0n) is 11.4. The summed E-state index contributed by atoms with van der Waals surface area (Å²) >= 11 is 0. The Morgan fingerprint density at radius 1 is 1.05 bits per heavy atom. The van der Waals surface area contributed by atoms with E-state index in [9.17, 15) is 5.11 Å². The minimum Gasteiger partial charge on any atom is -0.508 e. The van der Waals surface area contributed by atoms with E-state index in [4.69, 9.17) is 0 Å². The SMILES string of the molecule is CC1c2c(O)cccc2C(c2ccccc2)CN1C. The third kappa shape index (κ3) is 2.02. The first-order valence-corrected chi connectivity index (χ1v) is 6.75. The molecule has 2 aromatic carbocycles. The number of hydrogen-bond donors (Lipinski definition) is 1. The third-order valence-corrected chi connectivity index (χ3v) is 4.24. The summed E-state index contributed by atoms with van der Waals surface area (Å²) in [4.78, 5) is 2.31. The largest absolute Gasteiger partial charge is 0.508 e. The number of nitrogens with zero attached hydrogens (tertiary/aromatic N) is 1. The van der Waals surface area contributed by atoms with Crippen LogP contribution in [0.15, 0.2) is 48.5 Å². The van der Waals surface area contributed by atoms with E-state index in [0.29, 0.717) is 11.7 Å². The Balaban J connectivity index is 2.15. The van der Waals surface area contributed by atoms with Crippen LogP contribution in [0.3, 0.4) is 0 Å². The molecular formula is C17H19NO. The highest BCUT2D eigenvalue weighted by Crippen LogP contribution is 2.42. The Morgan fingerprint density at radius 3 is 2.53 bits per heavy atom. The summed E-state index contributed by atoms with van der Waals surface area (Å²) in [6.45, 7) is 3.14. The number of phenolic OH excluding ortho intramolecular Hbond substituents is 1. The Morgan fingerprint density at radius 2 is 1.79 bits per heavy atom. The summed E-state index contributed by atoms with van der Waals surface area (Å²) < 4.78 is 0. The molecule has 1 aliphatic heterocycles. The van der Waals surface area contributed by atoms with Crippen LogP contribution in [0.4, 0.5) is 0 Å². The Bertz CT molecular complexity index is 579. The number of hydrogen-bond acceptors (Lipinski definition) is 2. The monoisotopic (exact) mass is 253 g/mol. The molecule has 19 heavy (non-hydrogen) atoms. The minimum atomic E-state index is 0.260. The van der Waals surface area contributed by atoms with Gasteiger partial charge in [0, 0.05) is 24.1 Å². The summed E-state index contributed by atoms with van der Waals surface area (Å²) in [5.41, 5.74) is 3.65. The van der Waals surface area contributed by atoms with Crippen LogP contribution in [0, 0.1) is 0 Å². The van der Waals surface area contributed by atoms with Crippen LogP contribution in [-0.4, -0.2) is 23.6 Å². The standard InChI is InChI=1S/C17H19NO/c1-12-17-14(9-6-10-16(17)19)15(11-18(12)2)13-7-4-3-5-8-13/h3-10,12,15,19H,11H2,1-2H3. The zero-order chi connectivity index (χ0) is 13.4. The highest BCUT2D eigenvalue weighted by Gasteiger charge is 2.31. The van der Waals surface area contributed by atoms with Crippen molar-refractivity contribution in [3.8, 4) is 5.75 Å². The van der Waals surface area contributed by atoms with E-state index < -0.39 is 0 Å². The molecule has 1 N–H and O–H groups in total. The van der Waals surface area contributed by atoms with Crippen molar-refractivity contribution in [2.24, 2.45) is 0 Å². The maximum absolute atomic E-state index is 10.2. The maximum atomic E-state index is 10.2. The zero-order valence-corrected chi connectivity index (χ0v) is 11.4. The Kier molecular flexibility index (Phi) is 3.03. The summed E-state index contributed by atoms with van der Waals surface area (Å²) in [6.07, 6.45) is 0. The second kappa shape index (κ2) is 4.71. The lowest BCUT2D eigenvalue weighted by Crippen LogP contribution is -2.34. The maximum Gasteiger partial charge on any atom is 0.120 e. The van der Waals surface area contributed by atoms with Crippen molar-refractivity contribution in [3.05, 3.63) is 65.2 Å². The van der Waals surface area contributed by atoms with Crippen molar-refractivity contribution in [2.75, 3.05) is 13.6 Å². The summed E-state index contributed by atoms with van der Waals surface area (Å²) in [7, 11) is 2.12. The summed E-state index contributed by atoms with van der Waals surface area (Å²) in [5, 5.41) is 10.2. The van der Waals surface area contributed by atoms with Crippen LogP contribution in [0.2, 0.25) is 0 Å². The molecule has 0 aromatic heterocycles. The topological polar surface area (TPSA) is 23.5 Å². The molecule has 2 atom stereocenters. The van der Waals surface area contributed by atoms with Crippen molar-refractivity contribution < 1.29 is 5.11 Å². The normalized spacial score (nSPS) is 23.1. The first-order valence-electron chi connectivity index (χ1n) is 6.75. The fourth-order valence-corrected chi connectivity index (χ4v) is 3.06.